The van der Waals surface area contributed by atoms with Gasteiger partial charge >= 0.3 is 0 Å². The van der Waals surface area contributed by atoms with Crippen LogP contribution in [-0.2, 0) is 0 Å². The third-order valence-electron chi connectivity index (χ3n) is 3.89. The minimum absolute atomic E-state index is 0.658. The first kappa shape index (κ1) is 14.0. The van der Waals surface area contributed by atoms with Crippen molar-refractivity contribution in [2.24, 2.45) is 5.92 Å². The first-order chi connectivity index (χ1) is 7.65. The lowest BCUT2D eigenvalue weighted by Crippen LogP contribution is -2.47. The monoisotopic (exact) mass is 226 g/mol. The van der Waals surface area contributed by atoms with E-state index in [1.807, 2.05) is 0 Å². The van der Waals surface area contributed by atoms with Crippen LogP contribution in [0, 0.1) is 5.92 Å². The normalized spacial score (nSPS) is 25.7. The predicted octanol–water partition coefficient (Wildman–Crippen LogP) is 2.89. The Morgan fingerprint density at radius 1 is 1.25 bits per heavy atom. The maximum Gasteiger partial charge on any atom is 0.0217 e. The first-order valence-electron chi connectivity index (χ1n) is 7.12. The minimum atomic E-state index is 0.658. The summed E-state index contributed by atoms with van der Waals surface area (Å²) in [5.74, 6) is 0.732. The van der Waals surface area contributed by atoms with E-state index < -0.39 is 0 Å². The molecule has 2 unspecified atom stereocenters. The van der Waals surface area contributed by atoms with Gasteiger partial charge in [0, 0.05) is 18.6 Å². The molecule has 0 aromatic heterocycles. The molecule has 0 radical (unpaired) electrons. The lowest BCUT2D eigenvalue weighted by Gasteiger charge is -2.33. The fourth-order valence-corrected chi connectivity index (χ4v) is 2.63. The Kier molecular flexibility index (Phi) is 6.37. The van der Waals surface area contributed by atoms with Crippen LogP contribution in [-0.4, -0.2) is 36.6 Å². The van der Waals surface area contributed by atoms with E-state index in [-0.39, 0.29) is 0 Å². The van der Waals surface area contributed by atoms with Crippen LogP contribution in [0.2, 0.25) is 0 Å². The molecule has 0 aromatic carbocycles. The molecule has 0 spiro atoms. The molecule has 16 heavy (non-hydrogen) atoms. The van der Waals surface area contributed by atoms with Crippen LogP contribution in [0.25, 0.3) is 0 Å². The van der Waals surface area contributed by atoms with Gasteiger partial charge in [0.15, 0.2) is 0 Å². The molecule has 1 rings (SSSR count). The van der Waals surface area contributed by atoms with Gasteiger partial charge in [-0.2, -0.15) is 0 Å². The standard InChI is InChI=1S/C14H30N2/c1-5-15-14(12(2)3)11-16-10-8-6-7-9-13(16)4/h12-15H,5-11H2,1-4H3. The summed E-state index contributed by atoms with van der Waals surface area (Å²) >= 11 is 0. The fraction of sp³-hybridized carbons (Fsp3) is 1.00. The van der Waals surface area contributed by atoms with Crippen LogP contribution in [0.1, 0.15) is 53.4 Å². The summed E-state index contributed by atoms with van der Waals surface area (Å²) in [6.07, 6.45) is 5.62. The molecule has 1 N–H and O–H groups in total. The summed E-state index contributed by atoms with van der Waals surface area (Å²) in [6.45, 7) is 12.9. The van der Waals surface area contributed by atoms with Gasteiger partial charge < -0.3 is 5.32 Å². The Hall–Kier alpha value is -0.0800. The van der Waals surface area contributed by atoms with Crippen LogP contribution in [0.15, 0.2) is 0 Å². The van der Waals surface area contributed by atoms with E-state index in [9.17, 15) is 0 Å². The smallest absolute Gasteiger partial charge is 0.0217 e. The topological polar surface area (TPSA) is 15.3 Å². The molecule has 0 saturated carbocycles. The molecule has 2 nitrogen and oxygen atoms in total. The molecule has 1 fully saturated rings. The van der Waals surface area contributed by atoms with E-state index in [1.54, 1.807) is 0 Å². The van der Waals surface area contributed by atoms with E-state index in [1.165, 1.54) is 38.8 Å². The lowest BCUT2D eigenvalue weighted by molar-refractivity contribution is 0.174. The third-order valence-corrected chi connectivity index (χ3v) is 3.89. The predicted molar refractivity (Wildman–Crippen MR) is 71.8 cm³/mol. The molecular weight excluding hydrogens is 196 g/mol. The molecule has 0 amide bonds. The summed E-state index contributed by atoms with van der Waals surface area (Å²) in [6, 6.07) is 1.44. The largest absolute Gasteiger partial charge is 0.313 e. The second-order valence-corrected chi connectivity index (χ2v) is 5.60. The van der Waals surface area contributed by atoms with Gasteiger partial charge in [-0.25, -0.2) is 0 Å². The summed E-state index contributed by atoms with van der Waals surface area (Å²) in [4.78, 5) is 2.69. The minimum Gasteiger partial charge on any atom is -0.313 e. The zero-order valence-corrected chi connectivity index (χ0v) is 11.6. The molecule has 2 heteroatoms. The van der Waals surface area contributed by atoms with E-state index in [4.69, 9.17) is 0 Å². The highest BCUT2D eigenvalue weighted by Gasteiger charge is 2.21. The molecular formula is C14H30N2. The Labute approximate surface area is 102 Å². The van der Waals surface area contributed by atoms with Gasteiger partial charge in [-0.3, -0.25) is 4.90 Å². The van der Waals surface area contributed by atoms with Crippen molar-refractivity contribution >= 4 is 0 Å². The van der Waals surface area contributed by atoms with E-state index in [0.29, 0.717) is 6.04 Å². The van der Waals surface area contributed by atoms with Gasteiger partial charge in [-0.05, 0) is 38.8 Å². The Morgan fingerprint density at radius 2 is 2.00 bits per heavy atom. The second kappa shape index (κ2) is 7.29. The molecule has 0 aliphatic carbocycles. The number of hydrogen-bond donors (Lipinski definition) is 1. The molecule has 1 aliphatic heterocycles. The van der Waals surface area contributed by atoms with Crippen LogP contribution in [0.3, 0.4) is 0 Å². The quantitative estimate of drug-likeness (QED) is 0.775. The maximum atomic E-state index is 3.63. The van der Waals surface area contributed by atoms with Gasteiger partial charge in [-0.15, -0.1) is 0 Å². The molecule has 1 aliphatic rings. The van der Waals surface area contributed by atoms with Gasteiger partial charge in [-0.1, -0.05) is 33.6 Å². The van der Waals surface area contributed by atoms with Crippen molar-refractivity contribution in [2.45, 2.75) is 65.5 Å². The van der Waals surface area contributed by atoms with Crippen LogP contribution in [0.4, 0.5) is 0 Å². The van der Waals surface area contributed by atoms with Crippen molar-refractivity contribution in [3.8, 4) is 0 Å². The van der Waals surface area contributed by atoms with E-state index >= 15 is 0 Å². The SMILES string of the molecule is CCNC(CN1CCCCCC1C)C(C)C. The number of likely N-dealkylation sites (tertiary alicyclic amines) is 1. The third kappa shape index (κ3) is 4.42. The van der Waals surface area contributed by atoms with Crippen LogP contribution >= 0.6 is 0 Å². The highest BCUT2D eigenvalue weighted by molar-refractivity contribution is 4.79. The zero-order chi connectivity index (χ0) is 12.0. The van der Waals surface area contributed by atoms with Crippen molar-refractivity contribution in [1.82, 2.24) is 10.2 Å². The Bertz CT molecular complexity index is 180. The van der Waals surface area contributed by atoms with Crippen LogP contribution < -0.4 is 5.32 Å². The Balaban J connectivity index is 2.47. The van der Waals surface area contributed by atoms with Crippen LogP contribution in [0.5, 0.6) is 0 Å². The van der Waals surface area contributed by atoms with Crippen molar-refractivity contribution in [2.75, 3.05) is 19.6 Å². The van der Waals surface area contributed by atoms with Crippen molar-refractivity contribution < 1.29 is 0 Å². The molecule has 1 saturated heterocycles. The number of likely N-dealkylation sites (N-methyl/N-ethyl adjacent to an activating group) is 1. The van der Waals surface area contributed by atoms with Crippen molar-refractivity contribution in [3.63, 3.8) is 0 Å². The van der Waals surface area contributed by atoms with Gasteiger partial charge in [0.05, 0.1) is 0 Å². The maximum absolute atomic E-state index is 3.63. The number of hydrogen-bond acceptors (Lipinski definition) is 2. The fourth-order valence-electron chi connectivity index (χ4n) is 2.63. The van der Waals surface area contributed by atoms with Gasteiger partial charge in [0.1, 0.15) is 0 Å². The van der Waals surface area contributed by atoms with E-state index in [2.05, 4.69) is 37.9 Å². The summed E-state index contributed by atoms with van der Waals surface area (Å²) in [5.41, 5.74) is 0. The van der Waals surface area contributed by atoms with Crippen molar-refractivity contribution in [3.05, 3.63) is 0 Å². The molecule has 1 heterocycles. The van der Waals surface area contributed by atoms with Crippen molar-refractivity contribution in [1.29, 1.82) is 0 Å². The number of rotatable bonds is 5. The summed E-state index contributed by atoms with van der Waals surface area (Å²) in [5, 5.41) is 3.63. The van der Waals surface area contributed by atoms with Gasteiger partial charge in [0.2, 0.25) is 0 Å². The molecule has 2 atom stereocenters. The summed E-state index contributed by atoms with van der Waals surface area (Å²) in [7, 11) is 0. The highest BCUT2D eigenvalue weighted by Crippen LogP contribution is 2.17. The number of nitrogens with one attached hydrogen (secondary N) is 1. The highest BCUT2D eigenvalue weighted by atomic mass is 15.2. The first-order valence-corrected chi connectivity index (χ1v) is 7.12. The zero-order valence-electron chi connectivity index (χ0n) is 11.6. The average molecular weight is 226 g/mol. The number of nitrogens with zero attached hydrogens (tertiary/aromatic N) is 1. The molecule has 0 aromatic rings. The molecule has 96 valence electrons. The lowest BCUT2D eigenvalue weighted by atomic mass is 10.0. The Morgan fingerprint density at radius 3 is 2.62 bits per heavy atom. The second-order valence-electron chi connectivity index (χ2n) is 5.60. The summed E-state index contributed by atoms with van der Waals surface area (Å²) < 4.78 is 0. The molecule has 0 bridgehead atoms. The van der Waals surface area contributed by atoms with E-state index in [0.717, 1.165) is 18.5 Å². The average Bonchev–Trinajstić information content (AvgIpc) is 2.43. The van der Waals surface area contributed by atoms with Gasteiger partial charge in [0.25, 0.3) is 0 Å².